The number of nitrogens with zero attached hydrogens (tertiary/aromatic N) is 1. The zero-order valence-corrected chi connectivity index (χ0v) is 13.0. The number of aromatic nitrogens is 2. The van der Waals surface area contributed by atoms with Gasteiger partial charge in [0.15, 0.2) is 0 Å². The number of aromatic amines is 1. The Bertz CT molecular complexity index is 950. The topological polar surface area (TPSA) is 98.2 Å². The van der Waals surface area contributed by atoms with Crippen LogP contribution < -0.4 is 5.32 Å². The van der Waals surface area contributed by atoms with Gasteiger partial charge in [0.2, 0.25) is 0 Å². The van der Waals surface area contributed by atoms with E-state index < -0.39 is 17.6 Å². The number of H-pyrrole nitrogens is 1. The summed E-state index contributed by atoms with van der Waals surface area (Å²) in [6.07, 6.45) is -4.45. The van der Waals surface area contributed by atoms with Gasteiger partial charge >= 0.3 is 6.18 Å². The molecule has 0 bridgehead atoms. The first-order valence-electron chi connectivity index (χ1n) is 7.30. The van der Waals surface area contributed by atoms with Gasteiger partial charge in [0.25, 0.3) is 5.91 Å². The molecule has 1 amide bonds. The van der Waals surface area contributed by atoms with Gasteiger partial charge in [-0.2, -0.15) is 18.3 Å². The quantitative estimate of drug-likeness (QED) is 0.569. The Balaban J connectivity index is 1.76. The number of amides is 1. The summed E-state index contributed by atoms with van der Waals surface area (Å²) in [4.78, 5) is 12.2. The summed E-state index contributed by atoms with van der Waals surface area (Å²) in [6, 6.07) is 9.29. The Morgan fingerprint density at radius 2 is 1.73 bits per heavy atom. The van der Waals surface area contributed by atoms with Crippen LogP contribution >= 0.6 is 0 Å². The highest BCUT2D eigenvalue weighted by molar-refractivity contribution is 6.03. The zero-order chi connectivity index (χ0) is 18.9. The van der Waals surface area contributed by atoms with Crippen molar-refractivity contribution < 1.29 is 28.2 Å². The second-order valence-corrected chi connectivity index (χ2v) is 5.40. The summed E-state index contributed by atoms with van der Waals surface area (Å²) < 4.78 is 37.6. The van der Waals surface area contributed by atoms with Gasteiger partial charge in [-0.1, -0.05) is 0 Å². The number of hydrogen-bond donors (Lipinski definition) is 4. The van der Waals surface area contributed by atoms with Crippen molar-refractivity contribution in [1.29, 1.82) is 0 Å². The van der Waals surface area contributed by atoms with Gasteiger partial charge in [-0.05, 0) is 42.5 Å². The van der Waals surface area contributed by atoms with Crippen molar-refractivity contribution in [2.45, 2.75) is 6.18 Å². The third-order valence-electron chi connectivity index (χ3n) is 3.55. The molecule has 6 nitrogen and oxygen atoms in total. The van der Waals surface area contributed by atoms with Crippen molar-refractivity contribution in [1.82, 2.24) is 10.2 Å². The molecule has 1 aromatic heterocycles. The van der Waals surface area contributed by atoms with E-state index in [-0.39, 0.29) is 28.6 Å². The Hall–Kier alpha value is -3.49. The van der Waals surface area contributed by atoms with Crippen LogP contribution in [-0.2, 0) is 6.18 Å². The summed E-state index contributed by atoms with van der Waals surface area (Å²) in [5.74, 6) is -0.949. The molecule has 9 heteroatoms. The second kappa shape index (κ2) is 6.43. The van der Waals surface area contributed by atoms with Crippen LogP contribution in [0.15, 0.2) is 48.5 Å². The van der Waals surface area contributed by atoms with Crippen LogP contribution in [0.1, 0.15) is 16.1 Å². The summed E-state index contributed by atoms with van der Waals surface area (Å²) >= 11 is 0. The molecule has 1 heterocycles. The standard InChI is InChI=1S/C17H12F3N3O3/c18-17(19,20)9-1-3-10(4-2-9)21-16(26)14-8-13(22-23-14)12-6-5-11(24)7-15(12)25/h1-8,24-25H,(H,21,26)(H,22,23). The van der Waals surface area contributed by atoms with Crippen molar-refractivity contribution in [3.8, 4) is 22.8 Å². The lowest BCUT2D eigenvalue weighted by atomic mass is 10.1. The van der Waals surface area contributed by atoms with Crippen LogP contribution in [-0.4, -0.2) is 26.3 Å². The van der Waals surface area contributed by atoms with E-state index in [1.807, 2.05) is 0 Å². The van der Waals surface area contributed by atoms with E-state index in [0.29, 0.717) is 5.56 Å². The third-order valence-corrected chi connectivity index (χ3v) is 3.55. The van der Waals surface area contributed by atoms with Gasteiger partial charge in [-0.3, -0.25) is 9.89 Å². The zero-order valence-electron chi connectivity index (χ0n) is 13.0. The first-order chi connectivity index (χ1) is 12.2. The van der Waals surface area contributed by atoms with Crippen LogP contribution in [0.4, 0.5) is 18.9 Å². The van der Waals surface area contributed by atoms with Crippen molar-refractivity contribution in [2.24, 2.45) is 0 Å². The maximum atomic E-state index is 12.5. The largest absolute Gasteiger partial charge is 0.508 e. The fraction of sp³-hybridized carbons (Fsp3) is 0.0588. The van der Waals surface area contributed by atoms with Crippen LogP contribution in [0.3, 0.4) is 0 Å². The molecule has 134 valence electrons. The highest BCUT2D eigenvalue weighted by atomic mass is 19.4. The molecule has 0 radical (unpaired) electrons. The molecule has 26 heavy (non-hydrogen) atoms. The van der Waals surface area contributed by atoms with E-state index in [4.69, 9.17) is 0 Å². The molecule has 3 rings (SSSR count). The summed E-state index contributed by atoms with van der Waals surface area (Å²) in [5.41, 5.74) is -0.0196. The molecule has 0 aliphatic heterocycles. The lowest BCUT2D eigenvalue weighted by Crippen LogP contribution is -2.12. The van der Waals surface area contributed by atoms with E-state index in [1.165, 1.54) is 18.2 Å². The average molecular weight is 363 g/mol. The molecule has 3 aromatic rings. The van der Waals surface area contributed by atoms with Crippen LogP contribution in [0.5, 0.6) is 11.5 Å². The molecule has 0 saturated heterocycles. The van der Waals surface area contributed by atoms with Crippen molar-refractivity contribution in [2.75, 3.05) is 5.32 Å². The summed E-state index contributed by atoms with van der Waals surface area (Å²) in [5, 5.41) is 27.9. The molecule has 0 unspecified atom stereocenters. The van der Waals surface area contributed by atoms with Crippen molar-refractivity contribution in [3.05, 3.63) is 59.8 Å². The van der Waals surface area contributed by atoms with Crippen LogP contribution in [0.2, 0.25) is 0 Å². The Morgan fingerprint density at radius 1 is 1.04 bits per heavy atom. The number of carbonyl (C=O) groups excluding carboxylic acids is 1. The lowest BCUT2D eigenvalue weighted by Gasteiger charge is -2.08. The van der Waals surface area contributed by atoms with E-state index in [1.54, 1.807) is 0 Å². The number of phenols is 2. The number of anilines is 1. The monoisotopic (exact) mass is 363 g/mol. The predicted molar refractivity (Wildman–Crippen MR) is 86.8 cm³/mol. The van der Waals surface area contributed by atoms with E-state index in [2.05, 4.69) is 15.5 Å². The molecule has 0 fully saturated rings. The molecule has 2 aromatic carbocycles. The van der Waals surface area contributed by atoms with Crippen LogP contribution in [0, 0.1) is 0 Å². The number of hydrogen-bond acceptors (Lipinski definition) is 4. The predicted octanol–water partition coefficient (Wildman–Crippen LogP) is 3.76. The minimum Gasteiger partial charge on any atom is -0.508 e. The normalized spacial score (nSPS) is 11.3. The van der Waals surface area contributed by atoms with Crippen molar-refractivity contribution in [3.63, 3.8) is 0 Å². The summed E-state index contributed by atoms with van der Waals surface area (Å²) in [7, 11) is 0. The molecular formula is C17H12F3N3O3. The molecule has 0 atom stereocenters. The summed E-state index contributed by atoms with van der Waals surface area (Å²) in [6.45, 7) is 0. The van der Waals surface area contributed by atoms with Gasteiger partial charge in [-0.15, -0.1) is 0 Å². The maximum Gasteiger partial charge on any atom is 0.416 e. The second-order valence-electron chi connectivity index (χ2n) is 5.40. The minimum atomic E-state index is -4.45. The Kier molecular flexibility index (Phi) is 4.29. The highest BCUT2D eigenvalue weighted by Crippen LogP contribution is 2.31. The number of nitrogens with one attached hydrogen (secondary N) is 2. The molecule has 0 aliphatic carbocycles. The number of benzene rings is 2. The molecule has 4 N–H and O–H groups in total. The maximum absolute atomic E-state index is 12.5. The number of phenolic OH excluding ortho intramolecular Hbond substituents is 2. The SMILES string of the molecule is O=C(Nc1ccc(C(F)(F)F)cc1)c1cc(-c2ccc(O)cc2O)n[nH]1. The molecule has 0 saturated carbocycles. The Labute approximate surface area is 144 Å². The average Bonchev–Trinajstić information content (AvgIpc) is 3.04. The smallest absolute Gasteiger partial charge is 0.416 e. The van der Waals surface area contributed by atoms with E-state index in [9.17, 15) is 28.2 Å². The van der Waals surface area contributed by atoms with Crippen LogP contribution in [0.25, 0.3) is 11.3 Å². The first kappa shape index (κ1) is 17.3. The number of alkyl halides is 3. The van der Waals surface area contributed by atoms with Gasteiger partial charge in [0, 0.05) is 17.3 Å². The number of halogens is 3. The van der Waals surface area contributed by atoms with Gasteiger partial charge < -0.3 is 15.5 Å². The van der Waals surface area contributed by atoms with E-state index >= 15 is 0 Å². The fourth-order valence-corrected chi connectivity index (χ4v) is 2.25. The van der Waals surface area contributed by atoms with Gasteiger partial charge in [0.05, 0.1) is 11.3 Å². The molecular weight excluding hydrogens is 351 g/mol. The Morgan fingerprint density at radius 3 is 2.35 bits per heavy atom. The van der Waals surface area contributed by atoms with E-state index in [0.717, 1.165) is 30.3 Å². The molecule has 0 aliphatic rings. The third kappa shape index (κ3) is 3.61. The lowest BCUT2D eigenvalue weighted by molar-refractivity contribution is -0.137. The minimum absolute atomic E-state index is 0.0485. The van der Waals surface area contributed by atoms with Crippen molar-refractivity contribution >= 4 is 11.6 Å². The first-order valence-corrected chi connectivity index (χ1v) is 7.30. The number of aromatic hydroxyl groups is 2. The van der Waals surface area contributed by atoms with Gasteiger partial charge in [-0.25, -0.2) is 0 Å². The fourth-order valence-electron chi connectivity index (χ4n) is 2.25. The highest BCUT2D eigenvalue weighted by Gasteiger charge is 2.30. The number of carbonyl (C=O) groups is 1. The number of rotatable bonds is 3. The molecule has 0 spiro atoms. The van der Waals surface area contributed by atoms with Gasteiger partial charge in [0.1, 0.15) is 17.2 Å².